The van der Waals surface area contributed by atoms with Crippen molar-refractivity contribution in [2.45, 2.75) is 58.8 Å². The fourth-order valence-electron chi connectivity index (χ4n) is 3.64. The summed E-state index contributed by atoms with van der Waals surface area (Å²) in [5.74, 6) is 1.35. The Morgan fingerprint density at radius 3 is 2.38 bits per heavy atom. The van der Waals surface area contributed by atoms with E-state index in [-0.39, 0.29) is 0 Å². The molecule has 1 spiro atoms. The summed E-state index contributed by atoms with van der Waals surface area (Å²) in [4.78, 5) is 13.6. The Morgan fingerprint density at radius 1 is 1.25 bits per heavy atom. The van der Waals surface area contributed by atoms with Gasteiger partial charge in [-0.3, -0.25) is 4.79 Å². The first-order valence-electron chi connectivity index (χ1n) is 6.97. The van der Waals surface area contributed by atoms with Gasteiger partial charge in [-0.2, -0.15) is 0 Å². The number of likely N-dealkylation sites (tertiary alicyclic amines) is 1. The predicted octanol–water partition coefficient (Wildman–Crippen LogP) is 3.22. The number of carbonyl (C=O) groups is 1. The van der Waals surface area contributed by atoms with E-state index in [0.29, 0.717) is 17.7 Å². The molecule has 0 N–H and O–H groups in total. The van der Waals surface area contributed by atoms with Crippen molar-refractivity contribution < 1.29 is 4.79 Å². The lowest BCUT2D eigenvalue weighted by Crippen LogP contribution is -2.48. The molecule has 0 bridgehead atoms. The van der Waals surface area contributed by atoms with Gasteiger partial charge in [-0.1, -0.05) is 26.7 Å². The average Bonchev–Trinajstić information content (AvgIpc) is 2.27. The number of amides is 1. The second-order valence-electron chi connectivity index (χ2n) is 5.80. The summed E-state index contributed by atoms with van der Waals surface area (Å²) in [6.45, 7) is 6.29. The molecule has 16 heavy (non-hydrogen) atoms. The Kier molecular flexibility index (Phi) is 3.56. The van der Waals surface area contributed by atoms with E-state index in [9.17, 15) is 4.79 Å². The molecule has 2 aliphatic rings. The van der Waals surface area contributed by atoms with Crippen LogP contribution in [0, 0.1) is 11.3 Å². The maximum Gasteiger partial charge on any atom is 0.222 e. The third-order valence-corrected chi connectivity index (χ3v) is 4.62. The van der Waals surface area contributed by atoms with E-state index < -0.39 is 0 Å². The molecule has 1 heterocycles. The van der Waals surface area contributed by atoms with Crippen LogP contribution >= 0.6 is 0 Å². The van der Waals surface area contributed by atoms with Gasteiger partial charge in [0.15, 0.2) is 0 Å². The first-order valence-corrected chi connectivity index (χ1v) is 6.97. The van der Waals surface area contributed by atoms with Crippen molar-refractivity contribution in [1.29, 1.82) is 0 Å². The molecular formula is C14H25NO. The van der Waals surface area contributed by atoms with Crippen LogP contribution < -0.4 is 0 Å². The molecule has 0 aromatic carbocycles. The van der Waals surface area contributed by atoms with Gasteiger partial charge >= 0.3 is 0 Å². The number of rotatable bonds is 3. The number of piperidine rings is 1. The maximum absolute atomic E-state index is 11.6. The zero-order valence-electron chi connectivity index (χ0n) is 10.8. The van der Waals surface area contributed by atoms with Crippen LogP contribution in [0.3, 0.4) is 0 Å². The average molecular weight is 223 g/mol. The maximum atomic E-state index is 11.6. The summed E-state index contributed by atoms with van der Waals surface area (Å²) < 4.78 is 0. The van der Waals surface area contributed by atoms with Crippen LogP contribution in [0.2, 0.25) is 0 Å². The summed E-state index contributed by atoms with van der Waals surface area (Å²) in [6, 6.07) is 0. The van der Waals surface area contributed by atoms with Crippen LogP contribution in [0.5, 0.6) is 0 Å². The Labute approximate surface area is 99.4 Å². The fourth-order valence-corrected chi connectivity index (χ4v) is 3.64. The number of hydrogen-bond donors (Lipinski definition) is 0. The molecule has 92 valence electrons. The Morgan fingerprint density at radius 2 is 1.88 bits per heavy atom. The largest absolute Gasteiger partial charge is 0.343 e. The third-order valence-electron chi connectivity index (χ3n) is 4.62. The smallest absolute Gasteiger partial charge is 0.222 e. The highest BCUT2D eigenvalue weighted by molar-refractivity contribution is 5.75. The van der Waals surface area contributed by atoms with Gasteiger partial charge in [0.1, 0.15) is 0 Å². The lowest BCUT2D eigenvalue weighted by molar-refractivity contribution is -0.135. The highest BCUT2D eigenvalue weighted by Gasteiger charge is 2.45. The highest BCUT2D eigenvalue weighted by atomic mass is 16.2. The van der Waals surface area contributed by atoms with Gasteiger partial charge in [0.05, 0.1) is 0 Å². The van der Waals surface area contributed by atoms with E-state index in [1.807, 2.05) is 6.92 Å². The summed E-state index contributed by atoms with van der Waals surface area (Å²) in [7, 11) is 0. The van der Waals surface area contributed by atoms with Gasteiger partial charge in [-0.05, 0) is 37.0 Å². The second kappa shape index (κ2) is 4.77. The molecule has 1 aliphatic carbocycles. The first-order chi connectivity index (χ1) is 7.69. The molecule has 2 fully saturated rings. The molecule has 1 aliphatic heterocycles. The Bertz CT molecular complexity index is 245. The van der Waals surface area contributed by atoms with Crippen molar-refractivity contribution in [1.82, 2.24) is 4.90 Å². The van der Waals surface area contributed by atoms with Gasteiger partial charge in [0.2, 0.25) is 5.91 Å². The number of hydrogen-bond acceptors (Lipinski definition) is 1. The van der Waals surface area contributed by atoms with Crippen LogP contribution in [0.1, 0.15) is 58.8 Å². The second-order valence-corrected chi connectivity index (χ2v) is 5.80. The van der Waals surface area contributed by atoms with E-state index >= 15 is 0 Å². The van der Waals surface area contributed by atoms with Crippen LogP contribution in [-0.4, -0.2) is 23.9 Å². The summed E-state index contributed by atoms with van der Waals surface area (Å²) >= 11 is 0. The minimum atomic E-state index is 0.347. The molecule has 0 unspecified atom stereocenters. The molecule has 0 aromatic heterocycles. The quantitative estimate of drug-likeness (QED) is 0.719. The molecule has 1 saturated heterocycles. The first kappa shape index (κ1) is 11.9. The molecule has 2 rings (SSSR count). The molecular weight excluding hydrogens is 198 g/mol. The van der Waals surface area contributed by atoms with E-state index in [1.54, 1.807) is 0 Å². The molecule has 0 aromatic rings. The number of nitrogens with zero attached hydrogens (tertiary/aromatic N) is 1. The van der Waals surface area contributed by atoms with Crippen molar-refractivity contribution in [2.75, 3.05) is 13.1 Å². The van der Waals surface area contributed by atoms with Gasteiger partial charge < -0.3 is 4.90 Å². The molecule has 2 heteroatoms. The highest BCUT2D eigenvalue weighted by Crippen LogP contribution is 2.53. The molecule has 1 saturated carbocycles. The third kappa shape index (κ3) is 2.26. The van der Waals surface area contributed by atoms with Crippen molar-refractivity contribution >= 4 is 5.91 Å². The minimum absolute atomic E-state index is 0.347. The van der Waals surface area contributed by atoms with Crippen LogP contribution in [-0.2, 0) is 4.79 Å². The van der Waals surface area contributed by atoms with Crippen molar-refractivity contribution in [2.24, 2.45) is 11.3 Å². The molecule has 2 nitrogen and oxygen atoms in total. The summed E-state index contributed by atoms with van der Waals surface area (Å²) in [5, 5.41) is 0. The fraction of sp³-hybridized carbons (Fsp3) is 0.929. The Balaban J connectivity index is 1.76. The summed E-state index contributed by atoms with van der Waals surface area (Å²) in [6.07, 6.45) is 8.83. The van der Waals surface area contributed by atoms with E-state index in [0.717, 1.165) is 19.0 Å². The van der Waals surface area contributed by atoms with Crippen molar-refractivity contribution in [3.05, 3.63) is 0 Å². The Hall–Kier alpha value is -0.530. The molecule has 0 atom stereocenters. The topological polar surface area (TPSA) is 20.3 Å². The van der Waals surface area contributed by atoms with Gasteiger partial charge in [-0.25, -0.2) is 0 Å². The predicted molar refractivity (Wildman–Crippen MR) is 66.2 cm³/mol. The lowest BCUT2D eigenvalue weighted by atomic mass is 9.56. The zero-order valence-corrected chi connectivity index (χ0v) is 10.8. The molecule has 0 radical (unpaired) electrons. The SMILES string of the molecule is CCCC1CC2(CCN(C(=O)CC)CC2)C1. The normalized spacial score (nSPS) is 24.5. The van der Waals surface area contributed by atoms with Crippen LogP contribution in [0.4, 0.5) is 0 Å². The van der Waals surface area contributed by atoms with Crippen molar-refractivity contribution in [3.8, 4) is 0 Å². The van der Waals surface area contributed by atoms with Crippen LogP contribution in [0.15, 0.2) is 0 Å². The van der Waals surface area contributed by atoms with Crippen molar-refractivity contribution in [3.63, 3.8) is 0 Å². The lowest BCUT2D eigenvalue weighted by Gasteiger charge is -2.52. The monoisotopic (exact) mass is 223 g/mol. The zero-order chi connectivity index (χ0) is 11.6. The van der Waals surface area contributed by atoms with E-state index in [1.165, 1.54) is 38.5 Å². The van der Waals surface area contributed by atoms with Gasteiger partial charge in [-0.15, -0.1) is 0 Å². The standard InChI is InChI=1S/C14H25NO/c1-3-5-12-10-14(11-12)6-8-15(9-7-14)13(16)4-2/h12H,3-11H2,1-2H3. The van der Waals surface area contributed by atoms with E-state index in [2.05, 4.69) is 11.8 Å². The van der Waals surface area contributed by atoms with Gasteiger partial charge in [0, 0.05) is 19.5 Å². The van der Waals surface area contributed by atoms with Crippen LogP contribution in [0.25, 0.3) is 0 Å². The number of carbonyl (C=O) groups excluding carboxylic acids is 1. The summed E-state index contributed by atoms with van der Waals surface area (Å²) in [5.41, 5.74) is 0.643. The van der Waals surface area contributed by atoms with E-state index in [4.69, 9.17) is 0 Å². The molecule has 1 amide bonds. The minimum Gasteiger partial charge on any atom is -0.343 e. The van der Waals surface area contributed by atoms with Gasteiger partial charge in [0.25, 0.3) is 0 Å².